The van der Waals surface area contributed by atoms with Gasteiger partial charge in [-0.05, 0) is 73.6 Å². The fourth-order valence-electron chi connectivity index (χ4n) is 6.83. The third-order valence-electron chi connectivity index (χ3n) is 8.77. The maximum absolute atomic E-state index is 12.8. The Morgan fingerprint density at radius 3 is 2.69 bits per heavy atom. The van der Waals surface area contributed by atoms with Gasteiger partial charge in [0.05, 0.1) is 36.0 Å². The molecule has 0 amide bonds. The molecule has 4 heterocycles. The van der Waals surface area contributed by atoms with Crippen molar-refractivity contribution in [3.05, 3.63) is 66.9 Å². The number of nitrogens with one attached hydrogen (secondary N) is 1. The lowest BCUT2D eigenvalue weighted by Gasteiger charge is -2.62. The average molecular weight is 510 g/mol. The minimum Gasteiger partial charge on any atom is -0.381 e. The highest BCUT2D eigenvalue weighted by molar-refractivity contribution is 6.35. The monoisotopic (exact) mass is 509 g/mol. The van der Waals surface area contributed by atoms with E-state index in [1.165, 1.54) is 23.1 Å². The summed E-state index contributed by atoms with van der Waals surface area (Å²) < 4.78 is 6.95. The van der Waals surface area contributed by atoms with Crippen LogP contribution in [-0.2, 0) is 18.2 Å². The van der Waals surface area contributed by atoms with Gasteiger partial charge < -0.3 is 9.64 Å². The van der Waals surface area contributed by atoms with Crippen molar-refractivity contribution < 1.29 is 4.74 Å². The third-order valence-corrected chi connectivity index (χ3v) is 9.09. The molecule has 0 bridgehead atoms. The number of ether oxygens (including phenoxy) is 1. The summed E-state index contributed by atoms with van der Waals surface area (Å²) >= 11 is 6.46. The summed E-state index contributed by atoms with van der Waals surface area (Å²) in [6.07, 6.45) is 7.93. The van der Waals surface area contributed by atoms with Crippen molar-refractivity contribution in [2.45, 2.75) is 38.5 Å². The van der Waals surface area contributed by atoms with Gasteiger partial charge in [0.25, 0.3) is 11.1 Å². The third kappa shape index (κ3) is 3.99. The van der Waals surface area contributed by atoms with Crippen molar-refractivity contribution in [1.29, 1.82) is 0 Å². The van der Waals surface area contributed by atoms with Gasteiger partial charge >= 0.3 is 0 Å². The van der Waals surface area contributed by atoms with Crippen molar-refractivity contribution in [2.24, 2.45) is 24.3 Å². The summed E-state index contributed by atoms with van der Waals surface area (Å²) in [6.45, 7) is 6.76. The summed E-state index contributed by atoms with van der Waals surface area (Å²) in [6, 6.07) is 3.99. The molecule has 2 saturated heterocycles. The number of hydrogen-bond acceptors (Lipinski definition) is 6. The molecular weight excluding hydrogens is 478 g/mol. The van der Waals surface area contributed by atoms with E-state index in [0.717, 1.165) is 62.2 Å². The number of fused-ring (bicyclic) bond motifs is 1. The first-order chi connectivity index (χ1) is 17.3. The normalized spacial score (nSPS) is 20.8. The summed E-state index contributed by atoms with van der Waals surface area (Å²) in [4.78, 5) is 27.1. The number of aromatic amines is 1. The van der Waals surface area contributed by atoms with E-state index in [1.54, 1.807) is 13.2 Å². The van der Waals surface area contributed by atoms with Crippen LogP contribution in [0.15, 0.2) is 34.1 Å². The highest BCUT2D eigenvalue weighted by Gasteiger charge is 2.55. The first-order valence-electron chi connectivity index (χ1n) is 12.8. The van der Waals surface area contributed by atoms with Crippen LogP contribution in [0, 0.1) is 24.2 Å². The zero-order valence-corrected chi connectivity index (χ0v) is 21.6. The first-order valence-corrected chi connectivity index (χ1v) is 13.2. The minimum absolute atomic E-state index is 0.0908. The number of rotatable bonds is 7. The Morgan fingerprint density at radius 1 is 1.19 bits per heavy atom. The molecule has 2 aliphatic heterocycles. The zero-order valence-electron chi connectivity index (χ0n) is 20.8. The molecule has 9 heteroatoms. The molecule has 1 aromatic carbocycles. The molecule has 1 saturated carbocycles. The van der Waals surface area contributed by atoms with Crippen LogP contribution in [-0.4, -0.2) is 57.7 Å². The van der Waals surface area contributed by atoms with Crippen molar-refractivity contribution in [2.75, 3.05) is 32.8 Å². The second-order valence-corrected chi connectivity index (χ2v) is 11.6. The molecule has 36 heavy (non-hydrogen) atoms. The minimum atomic E-state index is -0.145. The van der Waals surface area contributed by atoms with Crippen LogP contribution in [0.5, 0.6) is 0 Å². The molecule has 3 aromatic rings. The highest BCUT2D eigenvalue weighted by atomic mass is 35.5. The Kier molecular flexibility index (Phi) is 6.01. The molecule has 2 aromatic heterocycles. The fraction of sp³-hybridized carbons (Fsp3) is 0.556. The van der Waals surface area contributed by atoms with Crippen molar-refractivity contribution in [3.63, 3.8) is 0 Å². The first kappa shape index (κ1) is 23.8. The van der Waals surface area contributed by atoms with E-state index in [9.17, 15) is 9.59 Å². The van der Waals surface area contributed by atoms with Crippen LogP contribution in [0.25, 0.3) is 10.8 Å². The molecule has 6 rings (SSSR count). The van der Waals surface area contributed by atoms with Crippen LogP contribution in [0.1, 0.15) is 41.9 Å². The average Bonchev–Trinajstić information content (AvgIpc) is 2.77. The maximum atomic E-state index is 12.8. The van der Waals surface area contributed by atoms with Gasteiger partial charge in [0, 0.05) is 37.0 Å². The van der Waals surface area contributed by atoms with E-state index in [0.29, 0.717) is 33.6 Å². The van der Waals surface area contributed by atoms with E-state index in [2.05, 4.69) is 26.3 Å². The van der Waals surface area contributed by atoms with E-state index >= 15 is 0 Å². The smallest absolute Gasteiger partial charge is 0.275 e. The maximum Gasteiger partial charge on any atom is 0.275 e. The Bertz CT molecular complexity index is 1420. The molecule has 1 atom stereocenters. The van der Waals surface area contributed by atoms with E-state index < -0.39 is 0 Å². The lowest BCUT2D eigenvalue weighted by atomic mass is 9.52. The number of benzene rings is 1. The summed E-state index contributed by atoms with van der Waals surface area (Å²) in [7, 11) is 1.66. The van der Waals surface area contributed by atoms with E-state index in [4.69, 9.17) is 16.3 Å². The molecular formula is C27H32ClN5O3. The van der Waals surface area contributed by atoms with Gasteiger partial charge in [-0.25, -0.2) is 9.78 Å². The molecule has 1 unspecified atom stereocenters. The Hall–Kier alpha value is -2.55. The van der Waals surface area contributed by atoms with Gasteiger partial charge in [0.15, 0.2) is 0 Å². The number of nitrogens with zero attached hydrogens (tertiary/aromatic N) is 4. The van der Waals surface area contributed by atoms with Crippen molar-refractivity contribution in [3.8, 4) is 0 Å². The van der Waals surface area contributed by atoms with Crippen LogP contribution in [0.3, 0.4) is 0 Å². The Morgan fingerprint density at radius 2 is 1.97 bits per heavy atom. The van der Waals surface area contributed by atoms with Gasteiger partial charge in [-0.3, -0.25) is 9.59 Å². The number of aryl methyl sites for hydroxylation is 2. The Balaban J connectivity index is 1.12. The number of aromatic nitrogens is 4. The van der Waals surface area contributed by atoms with Gasteiger partial charge in [0.1, 0.15) is 0 Å². The van der Waals surface area contributed by atoms with Crippen LogP contribution in [0.4, 0.5) is 0 Å². The number of hydrogen-bond donors (Lipinski definition) is 1. The molecule has 1 spiro atoms. The molecule has 8 nitrogen and oxygen atoms in total. The topological polar surface area (TPSA) is 93.1 Å². The standard InChI is InChI=1S/C27H32ClN5O3/c1-16-17(10-29-31-25(16)34)4-3-7-33-14-27(15-33)8-18(9-27)23(19-12-36-13-19)20-5-6-22(28)24-21(20)11-30-32(2)26(24)35/h5-6,10-11,18-19,23H,3-4,7-9,12-15H2,1-2H3,(H,31,34). The second kappa shape index (κ2) is 9.08. The molecule has 1 aliphatic carbocycles. The summed E-state index contributed by atoms with van der Waals surface area (Å²) in [5, 5.41) is 12.7. The SMILES string of the molecule is Cc1c(CCCN2CC3(CC(C(c4ccc(Cl)c5c(=O)n(C)ncc45)C4COC4)C3)C2)cn[nH]c1=O. The number of H-pyrrole nitrogens is 1. The van der Waals surface area contributed by atoms with E-state index in [1.807, 2.05) is 19.2 Å². The molecule has 3 aliphatic rings. The predicted molar refractivity (Wildman–Crippen MR) is 139 cm³/mol. The molecule has 3 fully saturated rings. The second-order valence-electron chi connectivity index (χ2n) is 11.2. The van der Waals surface area contributed by atoms with Gasteiger partial charge in [0.2, 0.25) is 0 Å². The van der Waals surface area contributed by atoms with Crippen LogP contribution >= 0.6 is 11.6 Å². The molecule has 190 valence electrons. The zero-order chi connectivity index (χ0) is 25.0. The van der Waals surface area contributed by atoms with Gasteiger partial charge in [-0.15, -0.1) is 0 Å². The summed E-state index contributed by atoms with van der Waals surface area (Å²) in [5.74, 6) is 1.42. The number of likely N-dealkylation sites (tertiary alicyclic amines) is 1. The van der Waals surface area contributed by atoms with Crippen LogP contribution in [0.2, 0.25) is 5.02 Å². The Labute approximate surface area is 214 Å². The van der Waals surface area contributed by atoms with Gasteiger partial charge in [-0.1, -0.05) is 17.7 Å². The highest BCUT2D eigenvalue weighted by Crippen LogP contribution is 2.59. The van der Waals surface area contributed by atoms with E-state index in [-0.39, 0.29) is 11.1 Å². The summed E-state index contributed by atoms with van der Waals surface area (Å²) in [5.41, 5.74) is 3.21. The lowest BCUT2D eigenvalue weighted by molar-refractivity contribution is -0.127. The molecule has 0 radical (unpaired) electrons. The van der Waals surface area contributed by atoms with Gasteiger partial charge in [-0.2, -0.15) is 10.2 Å². The van der Waals surface area contributed by atoms with Crippen molar-refractivity contribution in [1.82, 2.24) is 24.9 Å². The fourth-order valence-corrected chi connectivity index (χ4v) is 7.08. The molecule has 1 N–H and O–H groups in total. The largest absolute Gasteiger partial charge is 0.381 e. The van der Waals surface area contributed by atoms with Crippen molar-refractivity contribution >= 4 is 22.4 Å². The van der Waals surface area contributed by atoms with Crippen LogP contribution < -0.4 is 11.1 Å². The quantitative estimate of drug-likeness (QED) is 0.526. The predicted octanol–water partition coefficient (Wildman–Crippen LogP) is 3.05. The lowest BCUT2D eigenvalue weighted by Crippen LogP contribution is -2.63. The number of halogens is 1.